The van der Waals surface area contributed by atoms with E-state index in [1.165, 1.54) is 0 Å². The van der Waals surface area contributed by atoms with Crippen molar-refractivity contribution in [3.63, 3.8) is 0 Å². The number of halogens is 2. The van der Waals surface area contributed by atoms with Crippen molar-refractivity contribution in [2.45, 2.75) is 30.4 Å². The van der Waals surface area contributed by atoms with Crippen molar-refractivity contribution in [3.8, 4) is 0 Å². The lowest BCUT2D eigenvalue weighted by Gasteiger charge is -2.11. The van der Waals surface area contributed by atoms with E-state index in [4.69, 9.17) is 10.9 Å². The van der Waals surface area contributed by atoms with Crippen LogP contribution in [0.2, 0.25) is 0 Å². The zero-order chi connectivity index (χ0) is 13.0. The molecule has 0 aromatic heterocycles. The number of amidine groups is 1. The standard InChI is InChI=1S/C11H14F2N2OS/c1-3-6(2)17-10-8(12)4-7(5-9(10)13)11(14)15-16/h4-6,16H,3H2,1-2H3,(H2,14,15). The summed E-state index contributed by atoms with van der Waals surface area (Å²) in [5.74, 6) is -1.71. The van der Waals surface area contributed by atoms with Crippen LogP contribution in [0.5, 0.6) is 0 Å². The molecule has 0 saturated heterocycles. The van der Waals surface area contributed by atoms with Gasteiger partial charge in [-0.15, -0.1) is 11.8 Å². The zero-order valence-electron chi connectivity index (χ0n) is 9.58. The molecule has 0 aliphatic heterocycles. The minimum absolute atomic E-state index is 0.0241. The van der Waals surface area contributed by atoms with Crippen LogP contribution in [0.25, 0.3) is 0 Å². The first-order valence-corrected chi connectivity index (χ1v) is 6.01. The molecular weight excluding hydrogens is 246 g/mol. The fraction of sp³-hybridized carbons (Fsp3) is 0.364. The molecule has 0 heterocycles. The van der Waals surface area contributed by atoms with Gasteiger partial charge in [0.15, 0.2) is 5.84 Å². The summed E-state index contributed by atoms with van der Waals surface area (Å²) in [6, 6.07) is 2.12. The van der Waals surface area contributed by atoms with E-state index in [0.29, 0.717) is 0 Å². The second kappa shape index (κ2) is 5.86. The number of thioether (sulfide) groups is 1. The fourth-order valence-electron chi connectivity index (χ4n) is 1.16. The van der Waals surface area contributed by atoms with E-state index in [2.05, 4.69) is 5.16 Å². The van der Waals surface area contributed by atoms with Crippen molar-refractivity contribution in [3.05, 3.63) is 29.3 Å². The third kappa shape index (κ3) is 3.33. The molecule has 3 N–H and O–H groups in total. The summed E-state index contributed by atoms with van der Waals surface area (Å²) in [6.45, 7) is 3.83. The topological polar surface area (TPSA) is 58.6 Å². The maximum absolute atomic E-state index is 13.7. The number of nitrogens with two attached hydrogens (primary N) is 1. The van der Waals surface area contributed by atoms with Crippen molar-refractivity contribution in [2.24, 2.45) is 10.9 Å². The minimum Gasteiger partial charge on any atom is -0.409 e. The SMILES string of the molecule is CCC(C)Sc1c(F)cc(C(N)=NO)cc1F. The molecule has 0 spiro atoms. The zero-order valence-corrected chi connectivity index (χ0v) is 10.4. The molecule has 0 saturated carbocycles. The first-order chi connectivity index (χ1) is 7.99. The Morgan fingerprint density at radius 1 is 1.47 bits per heavy atom. The highest BCUT2D eigenvalue weighted by Gasteiger charge is 2.15. The predicted octanol–water partition coefficient (Wildman–Crippen LogP) is 2.95. The molecule has 94 valence electrons. The van der Waals surface area contributed by atoms with Crippen LogP contribution >= 0.6 is 11.8 Å². The molecule has 0 aliphatic rings. The normalized spacial score (nSPS) is 13.8. The maximum Gasteiger partial charge on any atom is 0.170 e. The van der Waals surface area contributed by atoms with Crippen molar-refractivity contribution in [1.29, 1.82) is 0 Å². The molecule has 0 aliphatic carbocycles. The Morgan fingerprint density at radius 2 is 2.00 bits per heavy atom. The van der Waals surface area contributed by atoms with E-state index in [-0.39, 0.29) is 21.5 Å². The molecule has 0 radical (unpaired) electrons. The van der Waals surface area contributed by atoms with Gasteiger partial charge in [0.1, 0.15) is 11.6 Å². The lowest BCUT2D eigenvalue weighted by atomic mass is 10.2. The van der Waals surface area contributed by atoms with Gasteiger partial charge in [0.25, 0.3) is 0 Å². The monoisotopic (exact) mass is 260 g/mol. The van der Waals surface area contributed by atoms with Crippen LogP contribution in [0.3, 0.4) is 0 Å². The molecular formula is C11H14F2N2OS. The highest BCUT2D eigenvalue weighted by atomic mass is 32.2. The quantitative estimate of drug-likeness (QED) is 0.288. The van der Waals surface area contributed by atoms with Crippen molar-refractivity contribution >= 4 is 17.6 Å². The van der Waals surface area contributed by atoms with Gasteiger partial charge in [0.2, 0.25) is 0 Å². The Labute approximate surface area is 103 Å². The first kappa shape index (κ1) is 13.8. The molecule has 0 bridgehead atoms. The Bertz CT molecular complexity index is 414. The lowest BCUT2D eigenvalue weighted by molar-refractivity contribution is 0.318. The van der Waals surface area contributed by atoms with Gasteiger partial charge in [-0.1, -0.05) is 19.0 Å². The summed E-state index contributed by atoms with van der Waals surface area (Å²) in [6.07, 6.45) is 0.811. The van der Waals surface area contributed by atoms with E-state index < -0.39 is 11.6 Å². The Hall–Kier alpha value is -1.30. The largest absolute Gasteiger partial charge is 0.409 e. The average Bonchev–Trinajstić information content (AvgIpc) is 2.32. The number of rotatable bonds is 4. The number of hydrogen-bond donors (Lipinski definition) is 2. The van der Waals surface area contributed by atoms with Crippen LogP contribution in [-0.2, 0) is 0 Å². The fourth-order valence-corrected chi connectivity index (χ4v) is 2.07. The summed E-state index contributed by atoms with van der Waals surface area (Å²) in [4.78, 5) is -0.0335. The summed E-state index contributed by atoms with van der Waals surface area (Å²) in [5, 5.41) is 11.3. The van der Waals surface area contributed by atoms with E-state index in [1.807, 2.05) is 13.8 Å². The van der Waals surface area contributed by atoms with Crippen LogP contribution in [0.15, 0.2) is 22.2 Å². The molecule has 1 rings (SSSR count). The lowest BCUT2D eigenvalue weighted by Crippen LogP contribution is -2.14. The van der Waals surface area contributed by atoms with Gasteiger partial charge < -0.3 is 10.9 Å². The number of benzene rings is 1. The van der Waals surface area contributed by atoms with Gasteiger partial charge in [-0.25, -0.2) is 8.78 Å². The second-order valence-electron chi connectivity index (χ2n) is 3.59. The summed E-state index contributed by atoms with van der Waals surface area (Å²) in [5.41, 5.74) is 5.29. The Morgan fingerprint density at radius 3 is 2.41 bits per heavy atom. The summed E-state index contributed by atoms with van der Waals surface area (Å²) >= 11 is 1.13. The number of hydrogen-bond acceptors (Lipinski definition) is 3. The van der Waals surface area contributed by atoms with Crippen LogP contribution in [-0.4, -0.2) is 16.3 Å². The number of nitrogens with zero attached hydrogens (tertiary/aromatic N) is 1. The van der Waals surface area contributed by atoms with Crippen LogP contribution in [0, 0.1) is 11.6 Å². The maximum atomic E-state index is 13.7. The van der Waals surface area contributed by atoms with Gasteiger partial charge in [0.05, 0.1) is 4.90 Å². The van der Waals surface area contributed by atoms with Gasteiger partial charge in [-0.2, -0.15) is 0 Å². The molecule has 1 unspecified atom stereocenters. The molecule has 17 heavy (non-hydrogen) atoms. The molecule has 0 amide bonds. The molecule has 6 heteroatoms. The van der Waals surface area contributed by atoms with Gasteiger partial charge in [0, 0.05) is 10.8 Å². The molecule has 1 aromatic rings. The third-order valence-electron chi connectivity index (χ3n) is 2.30. The smallest absolute Gasteiger partial charge is 0.170 e. The highest BCUT2D eigenvalue weighted by molar-refractivity contribution is 8.00. The van der Waals surface area contributed by atoms with E-state index in [1.54, 1.807) is 0 Å². The second-order valence-corrected chi connectivity index (χ2v) is 5.04. The van der Waals surface area contributed by atoms with Crippen LogP contribution in [0.1, 0.15) is 25.8 Å². The Balaban J connectivity index is 3.11. The molecule has 1 atom stereocenters. The summed E-state index contributed by atoms with van der Waals surface area (Å²) < 4.78 is 27.3. The van der Waals surface area contributed by atoms with Gasteiger partial charge in [-0.05, 0) is 18.6 Å². The first-order valence-electron chi connectivity index (χ1n) is 5.13. The number of oxime groups is 1. The minimum atomic E-state index is -0.697. The van der Waals surface area contributed by atoms with Crippen LogP contribution in [0.4, 0.5) is 8.78 Å². The average molecular weight is 260 g/mol. The van der Waals surface area contributed by atoms with E-state index in [0.717, 1.165) is 30.3 Å². The van der Waals surface area contributed by atoms with Gasteiger partial charge in [-0.3, -0.25) is 0 Å². The van der Waals surface area contributed by atoms with Gasteiger partial charge >= 0.3 is 0 Å². The predicted molar refractivity (Wildman–Crippen MR) is 64.5 cm³/mol. The highest BCUT2D eigenvalue weighted by Crippen LogP contribution is 2.30. The van der Waals surface area contributed by atoms with Crippen molar-refractivity contribution in [1.82, 2.24) is 0 Å². The summed E-state index contributed by atoms with van der Waals surface area (Å²) in [7, 11) is 0. The molecule has 1 aromatic carbocycles. The van der Waals surface area contributed by atoms with Crippen molar-refractivity contribution in [2.75, 3.05) is 0 Å². The third-order valence-corrected chi connectivity index (χ3v) is 3.66. The van der Waals surface area contributed by atoms with Crippen molar-refractivity contribution < 1.29 is 14.0 Å². The molecule has 0 fully saturated rings. The van der Waals surface area contributed by atoms with E-state index in [9.17, 15) is 8.78 Å². The molecule has 3 nitrogen and oxygen atoms in total. The van der Waals surface area contributed by atoms with Crippen LogP contribution < -0.4 is 5.73 Å². The van der Waals surface area contributed by atoms with E-state index >= 15 is 0 Å². The Kier molecular flexibility index (Phi) is 4.74.